The lowest BCUT2D eigenvalue weighted by molar-refractivity contribution is -0.124. The molecule has 164 valence electrons. The van der Waals surface area contributed by atoms with Crippen molar-refractivity contribution in [3.05, 3.63) is 71.7 Å². The number of fused-ring (bicyclic) bond motifs is 1. The standard InChI is InChI=1S/C26H32FN3O/c1-19(2)26(31)28-18-21-3-6-22-10-16-30(25(22)17-21)24-11-14-29(15-12-24)13-9-20-4-7-23(27)8-5-20/h3-8,10,16-17,19,24H,9,11-15,18H2,1-2H3,(H,28,31). The molecule has 3 aromatic rings. The van der Waals surface area contributed by atoms with Crippen LogP contribution in [0.15, 0.2) is 54.7 Å². The van der Waals surface area contributed by atoms with Gasteiger partial charge in [0.05, 0.1) is 0 Å². The number of piperidine rings is 1. The molecular formula is C26H32FN3O. The van der Waals surface area contributed by atoms with Crippen LogP contribution in [0.25, 0.3) is 10.9 Å². The zero-order valence-electron chi connectivity index (χ0n) is 18.5. The topological polar surface area (TPSA) is 37.3 Å². The van der Waals surface area contributed by atoms with E-state index < -0.39 is 0 Å². The number of benzene rings is 2. The van der Waals surface area contributed by atoms with Crippen molar-refractivity contribution in [3.8, 4) is 0 Å². The first-order valence-corrected chi connectivity index (χ1v) is 11.3. The highest BCUT2D eigenvalue weighted by atomic mass is 19.1. The molecule has 5 heteroatoms. The average Bonchev–Trinajstić information content (AvgIpc) is 3.20. The van der Waals surface area contributed by atoms with E-state index in [1.165, 1.54) is 16.5 Å². The minimum absolute atomic E-state index is 0.000773. The van der Waals surface area contributed by atoms with Gasteiger partial charge in [0.1, 0.15) is 5.82 Å². The number of carbonyl (C=O) groups excluding carboxylic acids is 1. The summed E-state index contributed by atoms with van der Waals surface area (Å²) in [5.41, 5.74) is 3.58. The summed E-state index contributed by atoms with van der Waals surface area (Å²) in [6, 6.07) is 16.0. The van der Waals surface area contributed by atoms with Gasteiger partial charge in [-0.1, -0.05) is 38.1 Å². The number of rotatable bonds is 7. The van der Waals surface area contributed by atoms with Crippen LogP contribution >= 0.6 is 0 Å². The molecule has 0 radical (unpaired) electrons. The van der Waals surface area contributed by atoms with Crippen LogP contribution in [0, 0.1) is 11.7 Å². The Bertz CT molecular complexity index is 1020. The van der Waals surface area contributed by atoms with Crippen molar-refractivity contribution in [2.24, 2.45) is 5.92 Å². The third kappa shape index (κ3) is 5.34. The highest BCUT2D eigenvalue weighted by Gasteiger charge is 2.21. The van der Waals surface area contributed by atoms with E-state index in [9.17, 15) is 9.18 Å². The number of carbonyl (C=O) groups is 1. The van der Waals surface area contributed by atoms with Gasteiger partial charge < -0.3 is 14.8 Å². The van der Waals surface area contributed by atoms with Crippen molar-refractivity contribution in [1.82, 2.24) is 14.8 Å². The van der Waals surface area contributed by atoms with Crippen LogP contribution in [0.4, 0.5) is 4.39 Å². The first kappa shape index (κ1) is 21.6. The van der Waals surface area contributed by atoms with Crippen molar-refractivity contribution in [2.75, 3.05) is 19.6 Å². The smallest absolute Gasteiger partial charge is 0.222 e. The molecule has 0 spiro atoms. The molecule has 1 saturated heterocycles. The number of nitrogens with zero attached hydrogens (tertiary/aromatic N) is 2. The summed E-state index contributed by atoms with van der Waals surface area (Å²) in [4.78, 5) is 14.4. The molecule has 1 N–H and O–H groups in total. The second-order valence-corrected chi connectivity index (χ2v) is 8.94. The zero-order chi connectivity index (χ0) is 21.8. The summed E-state index contributed by atoms with van der Waals surface area (Å²) < 4.78 is 15.5. The van der Waals surface area contributed by atoms with Gasteiger partial charge in [-0.05, 0) is 60.0 Å². The first-order valence-electron chi connectivity index (χ1n) is 11.3. The highest BCUT2D eigenvalue weighted by molar-refractivity contribution is 5.81. The Kier molecular flexibility index (Phi) is 6.71. The number of halogens is 1. The quantitative estimate of drug-likeness (QED) is 0.587. The van der Waals surface area contributed by atoms with Crippen molar-refractivity contribution >= 4 is 16.8 Å². The number of hydrogen-bond donors (Lipinski definition) is 1. The Balaban J connectivity index is 1.35. The Morgan fingerprint density at radius 2 is 1.77 bits per heavy atom. The summed E-state index contributed by atoms with van der Waals surface area (Å²) in [6.07, 6.45) is 5.42. The normalized spacial score (nSPS) is 15.6. The molecule has 0 atom stereocenters. The number of likely N-dealkylation sites (tertiary alicyclic amines) is 1. The summed E-state index contributed by atoms with van der Waals surface area (Å²) in [7, 11) is 0. The Labute approximate surface area is 184 Å². The SMILES string of the molecule is CC(C)C(=O)NCc1ccc2ccn(C3CCN(CCc4ccc(F)cc4)CC3)c2c1. The molecule has 0 aliphatic carbocycles. The number of amides is 1. The van der Waals surface area contributed by atoms with Crippen LogP contribution in [0.2, 0.25) is 0 Å². The minimum atomic E-state index is -0.172. The molecule has 2 heterocycles. The molecule has 4 rings (SSSR count). The zero-order valence-corrected chi connectivity index (χ0v) is 18.5. The largest absolute Gasteiger partial charge is 0.352 e. The molecule has 31 heavy (non-hydrogen) atoms. The summed E-state index contributed by atoms with van der Waals surface area (Å²) in [5, 5.41) is 4.26. The van der Waals surface area contributed by atoms with E-state index >= 15 is 0 Å². The maximum atomic E-state index is 13.1. The third-order valence-electron chi connectivity index (χ3n) is 6.36. The molecule has 1 fully saturated rings. The van der Waals surface area contributed by atoms with Crippen molar-refractivity contribution in [2.45, 2.75) is 45.7 Å². The summed E-state index contributed by atoms with van der Waals surface area (Å²) in [6.45, 7) is 7.57. The van der Waals surface area contributed by atoms with E-state index in [0.29, 0.717) is 12.6 Å². The monoisotopic (exact) mass is 421 g/mol. The fraction of sp³-hybridized carbons (Fsp3) is 0.423. The van der Waals surface area contributed by atoms with Gasteiger partial charge in [0.15, 0.2) is 0 Å². The molecular weight excluding hydrogens is 389 g/mol. The van der Waals surface area contributed by atoms with E-state index in [-0.39, 0.29) is 17.6 Å². The van der Waals surface area contributed by atoms with E-state index in [0.717, 1.165) is 44.5 Å². The molecule has 0 unspecified atom stereocenters. The fourth-order valence-corrected chi connectivity index (χ4v) is 4.38. The molecule has 1 aromatic heterocycles. The van der Waals surface area contributed by atoms with Crippen molar-refractivity contribution in [3.63, 3.8) is 0 Å². The lowest BCUT2D eigenvalue weighted by Gasteiger charge is -2.33. The molecule has 1 amide bonds. The molecule has 0 saturated carbocycles. The minimum Gasteiger partial charge on any atom is -0.352 e. The van der Waals surface area contributed by atoms with E-state index in [1.54, 1.807) is 12.1 Å². The van der Waals surface area contributed by atoms with Gasteiger partial charge in [-0.3, -0.25) is 4.79 Å². The van der Waals surface area contributed by atoms with Crippen molar-refractivity contribution < 1.29 is 9.18 Å². The maximum absolute atomic E-state index is 13.1. The molecule has 1 aliphatic rings. The average molecular weight is 422 g/mol. The van der Waals surface area contributed by atoms with Crippen LogP contribution in [0.5, 0.6) is 0 Å². The van der Waals surface area contributed by atoms with Crippen molar-refractivity contribution in [1.29, 1.82) is 0 Å². The predicted molar refractivity (Wildman–Crippen MR) is 123 cm³/mol. The third-order valence-corrected chi connectivity index (χ3v) is 6.36. The molecule has 1 aliphatic heterocycles. The Morgan fingerprint density at radius 1 is 1.06 bits per heavy atom. The van der Waals surface area contributed by atoms with Crippen LogP contribution < -0.4 is 5.32 Å². The van der Waals surface area contributed by atoms with E-state index in [1.807, 2.05) is 26.0 Å². The van der Waals surface area contributed by atoms with Gasteiger partial charge in [-0.2, -0.15) is 0 Å². The van der Waals surface area contributed by atoms with Crippen LogP contribution in [0.3, 0.4) is 0 Å². The molecule has 2 aromatic carbocycles. The van der Waals surface area contributed by atoms with Crippen LogP contribution in [-0.4, -0.2) is 35.0 Å². The van der Waals surface area contributed by atoms with Gasteiger partial charge in [0.25, 0.3) is 0 Å². The van der Waals surface area contributed by atoms with Gasteiger partial charge in [-0.15, -0.1) is 0 Å². The lowest BCUT2D eigenvalue weighted by atomic mass is 10.0. The van der Waals surface area contributed by atoms with E-state index in [2.05, 4.69) is 45.2 Å². The number of hydrogen-bond acceptors (Lipinski definition) is 2. The first-order chi connectivity index (χ1) is 15.0. The van der Waals surface area contributed by atoms with Gasteiger partial charge in [-0.25, -0.2) is 4.39 Å². The van der Waals surface area contributed by atoms with Crippen LogP contribution in [0.1, 0.15) is 43.9 Å². The second-order valence-electron chi connectivity index (χ2n) is 8.94. The molecule has 0 bridgehead atoms. The summed E-state index contributed by atoms with van der Waals surface area (Å²) >= 11 is 0. The predicted octanol–water partition coefficient (Wildman–Crippen LogP) is 4.93. The second kappa shape index (κ2) is 9.65. The Hall–Kier alpha value is -2.66. The van der Waals surface area contributed by atoms with Gasteiger partial charge in [0.2, 0.25) is 5.91 Å². The van der Waals surface area contributed by atoms with Crippen LogP contribution in [-0.2, 0) is 17.8 Å². The Morgan fingerprint density at radius 3 is 2.48 bits per heavy atom. The highest BCUT2D eigenvalue weighted by Crippen LogP contribution is 2.28. The maximum Gasteiger partial charge on any atom is 0.222 e. The molecule has 4 nitrogen and oxygen atoms in total. The number of aromatic nitrogens is 1. The summed E-state index contributed by atoms with van der Waals surface area (Å²) in [5.74, 6) is -0.0849. The fourth-order valence-electron chi connectivity index (χ4n) is 4.38. The van der Waals surface area contributed by atoms with Gasteiger partial charge >= 0.3 is 0 Å². The van der Waals surface area contributed by atoms with Gasteiger partial charge in [0, 0.05) is 49.9 Å². The lowest BCUT2D eigenvalue weighted by Crippen LogP contribution is -2.35. The number of nitrogens with one attached hydrogen (secondary N) is 1. The van der Waals surface area contributed by atoms with E-state index in [4.69, 9.17) is 0 Å².